The number of pyridine rings is 1. The molecule has 2 fully saturated rings. The molecular formula is C23H25F2N5O2. The summed E-state index contributed by atoms with van der Waals surface area (Å²) in [7, 11) is 0. The fourth-order valence-corrected chi connectivity index (χ4v) is 4.26. The fourth-order valence-electron chi connectivity index (χ4n) is 4.26. The van der Waals surface area contributed by atoms with Gasteiger partial charge in [0.15, 0.2) is 0 Å². The molecule has 2 aliphatic rings. The Labute approximate surface area is 184 Å². The number of furan rings is 1. The average Bonchev–Trinajstić information content (AvgIpc) is 3.15. The van der Waals surface area contributed by atoms with Crippen LogP contribution in [0.1, 0.15) is 66.5 Å². The highest BCUT2D eigenvalue weighted by Gasteiger charge is 2.39. The van der Waals surface area contributed by atoms with Crippen molar-refractivity contribution in [3.05, 3.63) is 47.2 Å². The molecule has 7 nitrogen and oxygen atoms in total. The maximum atomic E-state index is 13.7. The van der Waals surface area contributed by atoms with E-state index in [0.29, 0.717) is 53.4 Å². The topological polar surface area (TPSA) is 84.2 Å². The number of aryl methyl sites for hydroxylation is 1. The van der Waals surface area contributed by atoms with Crippen LogP contribution >= 0.6 is 0 Å². The first kappa shape index (κ1) is 20.8. The summed E-state index contributed by atoms with van der Waals surface area (Å²) >= 11 is 0. The summed E-state index contributed by atoms with van der Waals surface area (Å²) in [6.07, 6.45) is 4.16. The van der Waals surface area contributed by atoms with Gasteiger partial charge in [0.2, 0.25) is 5.71 Å². The summed E-state index contributed by atoms with van der Waals surface area (Å²) in [5.41, 5.74) is 1.14. The molecule has 1 saturated carbocycles. The van der Waals surface area contributed by atoms with E-state index in [4.69, 9.17) is 4.42 Å². The van der Waals surface area contributed by atoms with E-state index in [-0.39, 0.29) is 23.1 Å². The second-order valence-electron chi connectivity index (χ2n) is 9.19. The molecule has 168 valence electrons. The van der Waals surface area contributed by atoms with Gasteiger partial charge in [-0.1, -0.05) is 6.07 Å². The third-order valence-electron chi connectivity index (χ3n) is 6.41. The summed E-state index contributed by atoms with van der Waals surface area (Å²) in [6, 6.07) is 4.68. The Balaban J connectivity index is 1.43. The number of halogens is 2. The Morgan fingerprint density at radius 2 is 2.09 bits per heavy atom. The Morgan fingerprint density at radius 3 is 2.81 bits per heavy atom. The molecule has 1 aliphatic heterocycles. The zero-order chi connectivity index (χ0) is 22.7. The molecule has 1 unspecified atom stereocenters. The highest BCUT2D eigenvalue weighted by molar-refractivity contribution is 6.10. The Kier molecular flexibility index (Phi) is 4.69. The van der Waals surface area contributed by atoms with Gasteiger partial charge in [-0.25, -0.2) is 9.97 Å². The van der Waals surface area contributed by atoms with Crippen molar-refractivity contribution >= 4 is 22.8 Å². The maximum Gasteiger partial charge on any atom is 0.286 e. The van der Waals surface area contributed by atoms with Crippen LogP contribution in [0, 0.1) is 6.92 Å². The molecule has 3 aromatic rings. The Hall–Kier alpha value is -3.10. The van der Waals surface area contributed by atoms with Crippen LogP contribution in [0.5, 0.6) is 0 Å². The van der Waals surface area contributed by atoms with Gasteiger partial charge in [-0.05, 0) is 45.2 Å². The van der Waals surface area contributed by atoms with E-state index in [2.05, 4.69) is 27.2 Å². The average molecular weight is 441 g/mol. The highest BCUT2D eigenvalue weighted by atomic mass is 19.3. The van der Waals surface area contributed by atoms with Crippen molar-refractivity contribution in [1.29, 1.82) is 0 Å². The number of likely N-dealkylation sites (tertiary alicyclic amines) is 1. The molecule has 0 bridgehead atoms. The number of rotatable bonds is 5. The number of aromatic nitrogens is 3. The molecule has 32 heavy (non-hydrogen) atoms. The van der Waals surface area contributed by atoms with Gasteiger partial charge in [-0.15, -0.1) is 0 Å². The minimum atomic E-state index is -3.00. The van der Waals surface area contributed by atoms with Gasteiger partial charge < -0.3 is 14.6 Å². The third-order valence-corrected chi connectivity index (χ3v) is 6.41. The van der Waals surface area contributed by atoms with Crippen molar-refractivity contribution < 1.29 is 18.0 Å². The third kappa shape index (κ3) is 3.69. The number of anilines is 1. The minimum Gasteiger partial charge on any atom is -0.442 e. The van der Waals surface area contributed by atoms with Gasteiger partial charge in [0.25, 0.3) is 11.8 Å². The molecule has 0 radical (unpaired) electrons. The molecule has 1 atom stereocenters. The molecule has 5 rings (SSSR count). The van der Waals surface area contributed by atoms with Crippen LogP contribution in [0.3, 0.4) is 0 Å². The molecule has 9 heteroatoms. The van der Waals surface area contributed by atoms with Gasteiger partial charge >= 0.3 is 0 Å². The molecule has 0 aromatic carbocycles. The van der Waals surface area contributed by atoms with Gasteiger partial charge in [-0.3, -0.25) is 9.78 Å². The molecule has 1 amide bonds. The van der Waals surface area contributed by atoms with Crippen molar-refractivity contribution in [2.24, 2.45) is 0 Å². The number of hydrogen-bond acceptors (Lipinski definition) is 6. The van der Waals surface area contributed by atoms with Gasteiger partial charge in [-0.2, -0.15) is 8.78 Å². The lowest BCUT2D eigenvalue weighted by atomic mass is 10.0. The van der Waals surface area contributed by atoms with Crippen LogP contribution < -0.4 is 5.32 Å². The second-order valence-corrected chi connectivity index (χ2v) is 9.19. The number of nitrogens with zero attached hydrogens (tertiary/aromatic N) is 4. The van der Waals surface area contributed by atoms with E-state index in [9.17, 15) is 13.6 Å². The second kappa shape index (κ2) is 7.21. The summed E-state index contributed by atoms with van der Waals surface area (Å²) < 4.78 is 33.2. The van der Waals surface area contributed by atoms with Crippen molar-refractivity contribution in [2.75, 3.05) is 18.4 Å². The van der Waals surface area contributed by atoms with Crippen LogP contribution in [0.25, 0.3) is 11.1 Å². The van der Waals surface area contributed by atoms with E-state index < -0.39 is 5.92 Å². The lowest BCUT2D eigenvalue weighted by molar-refractivity contribution is 0.0125. The predicted octanol–water partition coefficient (Wildman–Crippen LogP) is 4.63. The molecule has 1 aliphatic carbocycles. The first-order valence-electron chi connectivity index (χ1n) is 10.8. The molecule has 1 N–H and O–H groups in total. The summed E-state index contributed by atoms with van der Waals surface area (Å²) in [4.78, 5) is 28.0. The minimum absolute atomic E-state index is 0.0243. The van der Waals surface area contributed by atoms with Crippen LogP contribution in [-0.4, -0.2) is 44.4 Å². The predicted molar refractivity (Wildman–Crippen MR) is 115 cm³/mol. The molecule has 0 spiro atoms. The SMILES string of the molecule is Cc1oc2ncnc(NC3(C)CC3)c2c1C(=O)N1CCC(c2cccc(C(C)(F)F)n2)C1. The lowest BCUT2D eigenvalue weighted by Crippen LogP contribution is -2.29. The number of carbonyl (C=O) groups excluding carboxylic acids is 1. The zero-order valence-corrected chi connectivity index (χ0v) is 18.3. The van der Waals surface area contributed by atoms with Crippen molar-refractivity contribution in [3.8, 4) is 0 Å². The normalized spacial score (nSPS) is 20.0. The number of fused-ring (bicyclic) bond motifs is 1. The van der Waals surface area contributed by atoms with Crippen molar-refractivity contribution in [1.82, 2.24) is 19.9 Å². The van der Waals surface area contributed by atoms with E-state index in [1.165, 1.54) is 12.4 Å². The lowest BCUT2D eigenvalue weighted by Gasteiger charge is -2.18. The Bertz CT molecular complexity index is 1200. The summed E-state index contributed by atoms with van der Waals surface area (Å²) in [6.45, 7) is 5.62. The number of alkyl halides is 2. The van der Waals surface area contributed by atoms with Crippen LogP contribution in [-0.2, 0) is 5.92 Å². The molecule has 1 saturated heterocycles. The van der Waals surface area contributed by atoms with E-state index >= 15 is 0 Å². The van der Waals surface area contributed by atoms with Gasteiger partial charge in [0.05, 0.1) is 10.9 Å². The molecule has 3 aromatic heterocycles. The summed E-state index contributed by atoms with van der Waals surface area (Å²) in [5, 5.41) is 4.02. The monoisotopic (exact) mass is 441 g/mol. The molecular weight excluding hydrogens is 416 g/mol. The number of carbonyl (C=O) groups is 1. The highest BCUT2D eigenvalue weighted by Crippen LogP contribution is 2.41. The Morgan fingerprint density at radius 1 is 1.31 bits per heavy atom. The first-order valence-corrected chi connectivity index (χ1v) is 10.8. The number of amides is 1. The van der Waals surface area contributed by atoms with Gasteiger partial charge in [0, 0.05) is 37.2 Å². The van der Waals surface area contributed by atoms with E-state index in [1.54, 1.807) is 24.0 Å². The quantitative estimate of drug-likeness (QED) is 0.621. The summed E-state index contributed by atoms with van der Waals surface area (Å²) in [5.74, 6) is -2.17. The fraction of sp³-hybridized carbons (Fsp3) is 0.478. The van der Waals surface area contributed by atoms with Crippen LogP contribution in [0.2, 0.25) is 0 Å². The zero-order valence-electron chi connectivity index (χ0n) is 18.3. The standard InChI is InChI=1S/C23H25F2N5O2/c1-13-17(18-19(29-22(2)8-9-22)26-12-27-20(18)32-13)21(31)30-10-7-14(11-30)15-5-4-6-16(28-15)23(3,24)25/h4-6,12,14H,7-11H2,1-3H3,(H,26,27,29). The van der Waals surface area contributed by atoms with Crippen molar-refractivity contribution in [3.63, 3.8) is 0 Å². The smallest absolute Gasteiger partial charge is 0.286 e. The number of hydrogen-bond donors (Lipinski definition) is 1. The molecule has 4 heterocycles. The number of nitrogens with one attached hydrogen (secondary N) is 1. The van der Waals surface area contributed by atoms with E-state index in [0.717, 1.165) is 19.8 Å². The largest absolute Gasteiger partial charge is 0.442 e. The van der Waals surface area contributed by atoms with E-state index in [1.807, 2.05) is 0 Å². The van der Waals surface area contributed by atoms with Crippen LogP contribution in [0.4, 0.5) is 14.6 Å². The van der Waals surface area contributed by atoms with Gasteiger partial charge in [0.1, 0.15) is 23.6 Å². The van der Waals surface area contributed by atoms with Crippen molar-refractivity contribution in [2.45, 2.75) is 57.4 Å². The maximum absolute atomic E-state index is 13.7. The van der Waals surface area contributed by atoms with Crippen LogP contribution in [0.15, 0.2) is 28.9 Å². The first-order chi connectivity index (χ1) is 15.1.